The van der Waals surface area contributed by atoms with Crippen LogP contribution in [0.5, 0.6) is 0 Å². The number of esters is 6. The zero-order valence-corrected chi connectivity index (χ0v) is 32.5. The predicted molar refractivity (Wildman–Crippen MR) is 188 cm³/mol. The van der Waals surface area contributed by atoms with Gasteiger partial charge in [-0.25, -0.2) is 0 Å². The van der Waals surface area contributed by atoms with Crippen LogP contribution in [-0.4, -0.2) is 104 Å². The van der Waals surface area contributed by atoms with E-state index < -0.39 is 85.2 Å². The van der Waals surface area contributed by atoms with Crippen LogP contribution in [0.1, 0.15) is 132 Å². The van der Waals surface area contributed by atoms with E-state index in [0.717, 1.165) is 85.0 Å². The number of carbonyl (C=O) groups is 7. The van der Waals surface area contributed by atoms with Crippen LogP contribution in [0.3, 0.4) is 0 Å². The fraction of sp³-hybridized carbons (Fsp3) is 0.811. The summed E-state index contributed by atoms with van der Waals surface area (Å²) in [5.74, 6) is -4.23. The number of hydrogen-bond donors (Lipinski definition) is 1. The number of amides is 1. The minimum atomic E-state index is -1.47. The molecule has 0 unspecified atom stereocenters. The van der Waals surface area contributed by atoms with Crippen molar-refractivity contribution in [2.75, 3.05) is 19.8 Å². The van der Waals surface area contributed by atoms with Crippen molar-refractivity contribution in [2.24, 2.45) is 0 Å². The third-order valence-corrected chi connectivity index (χ3v) is 8.25. The predicted octanol–water partition coefficient (Wildman–Crippen LogP) is 4.16. The summed E-state index contributed by atoms with van der Waals surface area (Å²) in [5.41, 5.74) is 0. The lowest BCUT2D eigenvalue weighted by molar-refractivity contribution is -0.319. The molecule has 0 spiro atoms. The maximum Gasteiger partial charge on any atom is 0.303 e. The molecule has 0 aromatic carbocycles. The van der Waals surface area contributed by atoms with E-state index in [1.54, 1.807) is 0 Å². The van der Waals surface area contributed by atoms with Gasteiger partial charge in [-0.05, 0) is 12.8 Å². The smallest absolute Gasteiger partial charge is 0.303 e. The Hall–Kier alpha value is -3.79. The first kappa shape index (κ1) is 47.2. The highest BCUT2D eigenvalue weighted by molar-refractivity contribution is 5.73. The Morgan fingerprint density at radius 1 is 0.528 bits per heavy atom. The lowest BCUT2D eigenvalue weighted by Crippen LogP contribution is -2.64. The summed E-state index contributed by atoms with van der Waals surface area (Å²) in [4.78, 5) is 83.3. The average Bonchev–Trinajstić information content (AvgIpc) is 3.04. The molecular weight excluding hydrogens is 698 g/mol. The van der Waals surface area contributed by atoms with Crippen LogP contribution in [-0.2, 0) is 71.5 Å². The minimum Gasteiger partial charge on any atom is -0.466 e. The molecule has 1 rings (SSSR count). The summed E-state index contributed by atoms with van der Waals surface area (Å²) in [6.07, 6.45) is 4.82. The highest BCUT2D eigenvalue weighted by atomic mass is 16.7. The Morgan fingerprint density at radius 3 is 1.45 bits per heavy atom. The van der Waals surface area contributed by atoms with Crippen molar-refractivity contribution in [3.8, 4) is 0 Å². The quantitative estimate of drug-likeness (QED) is 0.0747. The van der Waals surface area contributed by atoms with Crippen molar-refractivity contribution in [2.45, 2.75) is 175 Å². The van der Waals surface area contributed by atoms with Crippen LogP contribution in [0.2, 0.25) is 0 Å². The van der Waals surface area contributed by atoms with Crippen molar-refractivity contribution in [3.63, 3.8) is 0 Å². The molecule has 1 fully saturated rings. The van der Waals surface area contributed by atoms with Gasteiger partial charge in [-0.2, -0.15) is 0 Å². The normalized spacial score (nSPS) is 20.6. The number of hydrogen-bond acceptors (Lipinski definition) is 15. The van der Waals surface area contributed by atoms with Crippen LogP contribution in [0.25, 0.3) is 0 Å². The lowest BCUT2D eigenvalue weighted by Gasteiger charge is -2.45. The second-order valence-corrected chi connectivity index (χ2v) is 13.2. The average molecular weight is 760 g/mol. The van der Waals surface area contributed by atoms with Gasteiger partial charge >= 0.3 is 35.8 Å². The molecule has 1 aliphatic rings. The summed E-state index contributed by atoms with van der Waals surface area (Å²) in [6.45, 7) is 8.31. The van der Waals surface area contributed by atoms with Gasteiger partial charge in [0.05, 0.1) is 18.8 Å². The maximum atomic E-state index is 12.3. The molecule has 16 heteroatoms. The highest BCUT2D eigenvalue weighted by Gasteiger charge is 2.53. The first-order valence-electron chi connectivity index (χ1n) is 18.6. The summed E-state index contributed by atoms with van der Waals surface area (Å²) >= 11 is 0. The number of carbonyl (C=O) groups excluding carboxylic acids is 7. The van der Waals surface area contributed by atoms with Gasteiger partial charge in [-0.1, -0.05) is 70.6 Å². The van der Waals surface area contributed by atoms with Crippen LogP contribution >= 0.6 is 0 Å². The van der Waals surface area contributed by atoms with Crippen molar-refractivity contribution >= 4 is 41.7 Å². The Bertz CT molecular complexity index is 1160. The van der Waals surface area contributed by atoms with Gasteiger partial charge < -0.3 is 43.2 Å². The van der Waals surface area contributed by atoms with E-state index in [0.29, 0.717) is 19.4 Å². The van der Waals surface area contributed by atoms with Gasteiger partial charge in [0.15, 0.2) is 24.6 Å². The maximum absolute atomic E-state index is 12.3. The second-order valence-electron chi connectivity index (χ2n) is 13.2. The van der Waals surface area contributed by atoms with Gasteiger partial charge in [0.25, 0.3) is 0 Å². The highest BCUT2D eigenvalue weighted by Crippen LogP contribution is 2.32. The van der Waals surface area contributed by atoms with Gasteiger partial charge in [0, 0.05) is 48.5 Å². The van der Waals surface area contributed by atoms with Gasteiger partial charge in [-0.15, -0.1) is 0 Å². The molecule has 1 amide bonds. The third-order valence-electron chi connectivity index (χ3n) is 8.25. The molecule has 1 saturated heterocycles. The summed E-state index contributed by atoms with van der Waals surface area (Å²) in [6, 6.07) is -0.857. The summed E-state index contributed by atoms with van der Waals surface area (Å²) < 4.78 is 44.4. The molecule has 16 nitrogen and oxygen atoms in total. The Labute approximate surface area is 312 Å². The van der Waals surface area contributed by atoms with E-state index in [9.17, 15) is 33.6 Å². The van der Waals surface area contributed by atoms with E-state index >= 15 is 0 Å². The number of nitrogens with one attached hydrogen (secondary N) is 1. The Balaban J connectivity index is 3.05. The Kier molecular flexibility index (Phi) is 24.0. The lowest BCUT2D eigenvalue weighted by atomic mass is 9.97. The molecule has 53 heavy (non-hydrogen) atoms. The zero-order chi connectivity index (χ0) is 39.8. The zero-order valence-electron chi connectivity index (χ0n) is 32.5. The van der Waals surface area contributed by atoms with Crippen LogP contribution in [0, 0.1) is 0 Å². The van der Waals surface area contributed by atoms with Crippen molar-refractivity contribution in [3.05, 3.63) is 0 Å². The molecule has 0 bridgehead atoms. The molecule has 304 valence electrons. The molecule has 0 saturated carbocycles. The van der Waals surface area contributed by atoms with E-state index in [-0.39, 0.29) is 12.6 Å². The molecule has 0 aromatic rings. The number of unbranched alkanes of at least 4 members (excludes halogenated alkanes) is 11. The Morgan fingerprint density at radius 2 is 0.981 bits per heavy atom. The first-order valence-corrected chi connectivity index (χ1v) is 18.6. The largest absolute Gasteiger partial charge is 0.466 e. The topological polar surface area (TPSA) is 205 Å². The molecule has 1 N–H and O–H groups in total. The monoisotopic (exact) mass is 759 g/mol. The van der Waals surface area contributed by atoms with Crippen LogP contribution in [0.4, 0.5) is 0 Å². The number of ether oxygens (including phenoxy) is 8. The SMILES string of the molecule is CC(=O)N[C@H](COC(C)=O)[C@@H](CCCCCCCCCCCCCCOC(C)=O)O[C@@H]1O[C@H](COC(C)=O)[C@H](OC(C)=O)[C@H](OC(C)=O)[C@H]1OC(C)=O. The molecule has 0 radical (unpaired) electrons. The van der Waals surface area contributed by atoms with Crippen molar-refractivity contribution in [1.82, 2.24) is 5.32 Å². The third kappa shape index (κ3) is 22.1. The second kappa shape index (κ2) is 26.9. The van der Waals surface area contributed by atoms with E-state index in [2.05, 4.69) is 5.32 Å². The molecule has 7 atom stereocenters. The van der Waals surface area contributed by atoms with Crippen LogP contribution in [0.15, 0.2) is 0 Å². The van der Waals surface area contributed by atoms with Gasteiger partial charge in [0.1, 0.15) is 19.3 Å². The van der Waals surface area contributed by atoms with Crippen molar-refractivity contribution < 1.29 is 71.5 Å². The minimum absolute atomic E-state index is 0.239. The summed E-state index contributed by atoms with van der Waals surface area (Å²) in [5, 5.41) is 2.77. The van der Waals surface area contributed by atoms with E-state index in [1.807, 2.05) is 0 Å². The van der Waals surface area contributed by atoms with Gasteiger partial charge in [-0.3, -0.25) is 33.6 Å². The summed E-state index contributed by atoms with van der Waals surface area (Å²) in [7, 11) is 0. The first-order chi connectivity index (χ1) is 25.1. The van der Waals surface area contributed by atoms with E-state index in [4.69, 9.17) is 37.9 Å². The molecular formula is C37H61NO15. The van der Waals surface area contributed by atoms with E-state index in [1.165, 1.54) is 34.1 Å². The molecule has 0 aliphatic carbocycles. The van der Waals surface area contributed by atoms with Crippen LogP contribution < -0.4 is 5.32 Å². The fourth-order valence-corrected chi connectivity index (χ4v) is 5.98. The number of rotatable bonds is 26. The van der Waals surface area contributed by atoms with Crippen molar-refractivity contribution in [1.29, 1.82) is 0 Å². The fourth-order valence-electron chi connectivity index (χ4n) is 5.98. The molecule has 0 aromatic heterocycles. The standard InChI is InChI=1S/C37H61NO15/c1-24(39)38-31(22-47-26(3)41)32(20-18-16-14-12-10-8-9-11-13-15-17-19-21-46-25(2)40)52-37-36(51-30(7)45)35(50-29(6)44)34(49-28(5)43)33(53-37)23-48-27(4)42/h31-37H,8-23H2,1-7H3,(H,38,39)/t31-,32-,33-,34+,35+,36-,37-/m1/s1. The molecule has 1 heterocycles. The molecule has 1 aliphatic heterocycles. The van der Waals surface area contributed by atoms with Gasteiger partial charge in [0.2, 0.25) is 5.91 Å².